The molecule has 9 heteroatoms. The van der Waals surface area contributed by atoms with E-state index in [-0.39, 0.29) is 18.2 Å². The topological polar surface area (TPSA) is 86.8 Å². The van der Waals surface area contributed by atoms with E-state index in [1.807, 2.05) is 13.0 Å². The van der Waals surface area contributed by atoms with Gasteiger partial charge >= 0.3 is 0 Å². The molecule has 0 aliphatic carbocycles. The summed E-state index contributed by atoms with van der Waals surface area (Å²) in [6.45, 7) is 8.08. The Balaban J connectivity index is 2.44. The number of carbonyl (C=O) groups excluding carboxylic acids is 2. The highest BCUT2D eigenvalue weighted by Crippen LogP contribution is 2.24. The first-order valence-corrected chi connectivity index (χ1v) is 12.5. The summed E-state index contributed by atoms with van der Waals surface area (Å²) in [4.78, 5) is 27.3. The molecule has 0 aliphatic rings. The molecule has 1 unspecified atom stereocenters. The second kappa shape index (κ2) is 10.8. The fourth-order valence-corrected chi connectivity index (χ4v) is 4.38. The zero-order chi connectivity index (χ0) is 24.9. The molecule has 1 N–H and O–H groups in total. The highest BCUT2D eigenvalue weighted by molar-refractivity contribution is 7.92. The van der Waals surface area contributed by atoms with E-state index in [0.717, 1.165) is 16.1 Å². The maximum atomic E-state index is 14.4. The highest BCUT2D eigenvalue weighted by Gasteiger charge is 2.31. The van der Waals surface area contributed by atoms with Crippen molar-refractivity contribution in [3.05, 3.63) is 65.0 Å². The van der Waals surface area contributed by atoms with Gasteiger partial charge in [0.1, 0.15) is 18.4 Å². The van der Waals surface area contributed by atoms with Crippen molar-refractivity contribution >= 4 is 27.5 Å². The van der Waals surface area contributed by atoms with Crippen molar-refractivity contribution in [3.8, 4) is 0 Å². The smallest absolute Gasteiger partial charge is 0.244 e. The molecule has 180 valence electrons. The summed E-state index contributed by atoms with van der Waals surface area (Å²) in [7, 11) is -3.82. The van der Waals surface area contributed by atoms with Gasteiger partial charge in [0.2, 0.25) is 21.8 Å². The number of carbonyl (C=O) groups is 2. The van der Waals surface area contributed by atoms with E-state index in [1.165, 1.54) is 23.1 Å². The van der Waals surface area contributed by atoms with E-state index >= 15 is 0 Å². The van der Waals surface area contributed by atoms with E-state index in [1.54, 1.807) is 45.9 Å². The summed E-state index contributed by atoms with van der Waals surface area (Å²) in [5, 5.41) is 2.75. The van der Waals surface area contributed by atoms with E-state index in [9.17, 15) is 22.4 Å². The fraction of sp³-hybridized carbons (Fsp3) is 0.417. The van der Waals surface area contributed by atoms with E-state index in [2.05, 4.69) is 5.32 Å². The lowest BCUT2D eigenvalue weighted by molar-refractivity contribution is -0.139. The first kappa shape index (κ1) is 26.3. The predicted molar refractivity (Wildman–Crippen MR) is 128 cm³/mol. The van der Waals surface area contributed by atoms with Crippen molar-refractivity contribution in [2.24, 2.45) is 0 Å². The van der Waals surface area contributed by atoms with Gasteiger partial charge in [0.05, 0.1) is 11.9 Å². The Hall–Kier alpha value is -2.94. The van der Waals surface area contributed by atoms with Crippen LogP contribution < -0.4 is 9.62 Å². The standard InChI is InChI=1S/C24H32FN3O4S/c1-16(2)26-24(30)19(5)27(14-20-9-7-8-10-21(20)25)23(29)15-28(33(6,31)32)22-12-11-17(3)13-18(22)4/h7-13,16,19H,14-15H2,1-6H3,(H,26,30). The number of amides is 2. The highest BCUT2D eigenvalue weighted by atomic mass is 32.2. The van der Waals surface area contributed by atoms with E-state index < -0.39 is 40.2 Å². The quantitative estimate of drug-likeness (QED) is 0.601. The normalized spacial score (nSPS) is 12.4. The Kier molecular flexibility index (Phi) is 8.60. The van der Waals surface area contributed by atoms with Gasteiger partial charge in [0.15, 0.2) is 0 Å². The van der Waals surface area contributed by atoms with Gasteiger partial charge in [-0.15, -0.1) is 0 Å². The molecule has 33 heavy (non-hydrogen) atoms. The predicted octanol–water partition coefficient (Wildman–Crippen LogP) is 3.15. The SMILES string of the molecule is Cc1ccc(N(CC(=O)N(Cc2ccccc2F)C(C)C(=O)NC(C)C)S(C)(=O)=O)c(C)c1. The molecule has 0 saturated heterocycles. The van der Waals surface area contributed by atoms with Crippen molar-refractivity contribution in [1.82, 2.24) is 10.2 Å². The number of rotatable bonds is 9. The second-order valence-electron chi connectivity index (χ2n) is 8.51. The van der Waals surface area contributed by atoms with Crippen LogP contribution in [0.2, 0.25) is 0 Å². The van der Waals surface area contributed by atoms with Crippen LogP contribution in [0.5, 0.6) is 0 Å². The minimum absolute atomic E-state index is 0.159. The van der Waals surface area contributed by atoms with Crippen molar-refractivity contribution in [2.45, 2.75) is 53.2 Å². The van der Waals surface area contributed by atoms with Crippen LogP contribution in [0.4, 0.5) is 10.1 Å². The molecule has 0 bridgehead atoms. The average molecular weight is 478 g/mol. The lowest BCUT2D eigenvalue weighted by Crippen LogP contribution is -2.52. The van der Waals surface area contributed by atoms with Crippen LogP contribution in [0.15, 0.2) is 42.5 Å². The zero-order valence-corrected chi connectivity index (χ0v) is 20.7. The number of halogens is 1. The monoisotopic (exact) mass is 477 g/mol. The summed E-state index contributed by atoms with van der Waals surface area (Å²) < 4.78 is 40.6. The minimum atomic E-state index is -3.82. The summed E-state index contributed by atoms with van der Waals surface area (Å²) in [5.74, 6) is -1.54. The second-order valence-corrected chi connectivity index (χ2v) is 10.4. The molecule has 0 aromatic heterocycles. The van der Waals surface area contributed by atoms with Crippen LogP contribution in [-0.2, 0) is 26.2 Å². The molecule has 2 amide bonds. The number of hydrogen-bond donors (Lipinski definition) is 1. The first-order valence-electron chi connectivity index (χ1n) is 10.7. The third-order valence-electron chi connectivity index (χ3n) is 5.20. The molecule has 1 atom stereocenters. The molecule has 2 rings (SSSR count). The third kappa shape index (κ3) is 7.02. The molecule has 0 aliphatic heterocycles. The van der Waals surface area contributed by atoms with Crippen molar-refractivity contribution < 1.29 is 22.4 Å². The number of hydrogen-bond acceptors (Lipinski definition) is 4. The molecule has 2 aromatic carbocycles. The van der Waals surface area contributed by atoms with Crippen LogP contribution in [0.1, 0.15) is 37.5 Å². The largest absolute Gasteiger partial charge is 0.352 e. The van der Waals surface area contributed by atoms with Gasteiger partial charge in [-0.05, 0) is 52.3 Å². The van der Waals surface area contributed by atoms with Crippen LogP contribution in [-0.4, -0.2) is 50.0 Å². The molecule has 0 radical (unpaired) electrons. The summed E-state index contributed by atoms with van der Waals surface area (Å²) >= 11 is 0. The first-order chi connectivity index (χ1) is 15.3. The van der Waals surface area contributed by atoms with Gasteiger partial charge in [-0.1, -0.05) is 35.9 Å². The van der Waals surface area contributed by atoms with Crippen LogP contribution >= 0.6 is 0 Å². The average Bonchev–Trinajstić information content (AvgIpc) is 2.70. The minimum Gasteiger partial charge on any atom is -0.352 e. The van der Waals surface area contributed by atoms with Gasteiger partial charge in [-0.25, -0.2) is 12.8 Å². The maximum Gasteiger partial charge on any atom is 0.244 e. The number of aryl methyl sites for hydroxylation is 2. The van der Waals surface area contributed by atoms with Gasteiger partial charge in [-0.3, -0.25) is 13.9 Å². The summed E-state index contributed by atoms with van der Waals surface area (Å²) in [6, 6.07) is 10.1. The van der Waals surface area contributed by atoms with Crippen molar-refractivity contribution in [2.75, 3.05) is 17.1 Å². The van der Waals surface area contributed by atoms with E-state index in [0.29, 0.717) is 11.3 Å². The van der Waals surface area contributed by atoms with Crippen LogP contribution in [0, 0.1) is 19.7 Å². The Morgan fingerprint density at radius 3 is 2.24 bits per heavy atom. The summed E-state index contributed by atoms with van der Waals surface area (Å²) in [6.07, 6.45) is 1.02. The van der Waals surface area contributed by atoms with Gasteiger partial charge in [-0.2, -0.15) is 0 Å². The van der Waals surface area contributed by atoms with Crippen molar-refractivity contribution in [3.63, 3.8) is 0 Å². The molecule has 0 spiro atoms. The van der Waals surface area contributed by atoms with Gasteiger partial charge < -0.3 is 10.2 Å². The number of nitrogens with one attached hydrogen (secondary N) is 1. The number of nitrogens with zero attached hydrogens (tertiary/aromatic N) is 2. The molecule has 2 aromatic rings. The Bertz CT molecular complexity index is 1120. The zero-order valence-electron chi connectivity index (χ0n) is 19.9. The molecule has 0 heterocycles. The molecule has 0 fully saturated rings. The molecular weight excluding hydrogens is 445 g/mol. The fourth-order valence-electron chi connectivity index (χ4n) is 3.48. The van der Waals surface area contributed by atoms with Gasteiger partial charge in [0, 0.05) is 18.2 Å². The summed E-state index contributed by atoms with van der Waals surface area (Å²) in [5.41, 5.74) is 2.25. The Morgan fingerprint density at radius 2 is 1.70 bits per heavy atom. The molecule has 0 saturated carbocycles. The molecular formula is C24H32FN3O4S. The number of anilines is 1. The lowest BCUT2D eigenvalue weighted by Gasteiger charge is -2.32. The third-order valence-corrected chi connectivity index (χ3v) is 6.32. The van der Waals surface area contributed by atoms with Crippen molar-refractivity contribution in [1.29, 1.82) is 0 Å². The number of sulfonamides is 1. The Morgan fingerprint density at radius 1 is 1.06 bits per heavy atom. The van der Waals surface area contributed by atoms with Gasteiger partial charge in [0.25, 0.3) is 0 Å². The van der Waals surface area contributed by atoms with Crippen LogP contribution in [0.3, 0.4) is 0 Å². The number of benzene rings is 2. The molecule has 7 nitrogen and oxygen atoms in total. The maximum absolute atomic E-state index is 14.4. The Labute approximate surface area is 195 Å². The van der Waals surface area contributed by atoms with E-state index in [4.69, 9.17) is 0 Å². The van der Waals surface area contributed by atoms with Crippen LogP contribution in [0.25, 0.3) is 0 Å². The lowest BCUT2D eigenvalue weighted by atomic mass is 10.1.